The fraction of sp³-hybridized carbons (Fsp3) is 0.130. The number of hydrogen-bond donors (Lipinski definition) is 1. The number of amides is 1. The maximum atomic E-state index is 13.3. The van der Waals surface area contributed by atoms with Crippen molar-refractivity contribution in [1.82, 2.24) is 4.98 Å². The normalized spacial score (nSPS) is 11.4. The van der Waals surface area contributed by atoms with Crippen molar-refractivity contribution in [2.45, 2.75) is 21.9 Å². The van der Waals surface area contributed by atoms with Gasteiger partial charge in [0.1, 0.15) is 5.75 Å². The summed E-state index contributed by atoms with van der Waals surface area (Å²) in [5.41, 5.74) is 0.605. The van der Waals surface area contributed by atoms with Gasteiger partial charge in [-0.25, -0.2) is 8.42 Å². The number of carbonyl (C=O) groups excluding carboxylic acids is 1. The lowest BCUT2D eigenvalue weighted by Gasteiger charge is -2.07. The van der Waals surface area contributed by atoms with E-state index in [1.807, 2.05) is 18.4 Å². The van der Waals surface area contributed by atoms with E-state index in [1.165, 1.54) is 23.5 Å². The van der Waals surface area contributed by atoms with E-state index >= 15 is 0 Å². The smallest absolute Gasteiger partial charge is 0.238 e. The second-order valence-corrected chi connectivity index (χ2v) is 11.5. The molecule has 0 saturated carbocycles. The lowest BCUT2D eigenvalue weighted by molar-refractivity contribution is -0.113. The number of oxazole rings is 1. The highest BCUT2D eigenvalue weighted by Gasteiger charge is 2.29. The Kier molecular flexibility index (Phi) is 7.77. The van der Waals surface area contributed by atoms with Gasteiger partial charge in [-0.3, -0.25) is 4.79 Å². The molecule has 2 heterocycles. The number of sulfone groups is 1. The summed E-state index contributed by atoms with van der Waals surface area (Å²) in [5.74, 6) is 0.533. The molecule has 1 N–H and O–H groups in total. The number of aromatic nitrogens is 1. The third-order valence-corrected chi connectivity index (χ3v) is 8.60. The third kappa shape index (κ3) is 5.72. The van der Waals surface area contributed by atoms with Gasteiger partial charge in [-0.1, -0.05) is 33.8 Å². The van der Waals surface area contributed by atoms with Crippen molar-refractivity contribution < 1.29 is 22.4 Å². The van der Waals surface area contributed by atoms with Crippen LogP contribution in [0.15, 0.2) is 89.9 Å². The monoisotopic (exact) mass is 578 g/mol. The van der Waals surface area contributed by atoms with E-state index in [0.29, 0.717) is 22.9 Å². The molecule has 0 unspecified atom stereocenters. The first-order valence-corrected chi connectivity index (χ1v) is 14.2. The van der Waals surface area contributed by atoms with Crippen molar-refractivity contribution in [3.63, 3.8) is 0 Å². The van der Waals surface area contributed by atoms with Gasteiger partial charge in [0.2, 0.25) is 31.8 Å². The fourth-order valence-electron chi connectivity index (χ4n) is 2.91. The minimum Gasteiger partial charge on any atom is -0.494 e. The van der Waals surface area contributed by atoms with Crippen LogP contribution in [-0.2, 0) is 14.6 Å². The molecule has 176 valence electrons. The molecule has 11 heteroatoms. The number of thioether (sulfide) groups is 1. The molecule has 1 amide bonds. The predicted octanol–water partition coefficient (Wildman–Crippen LogP) is 6.13. The van der Waals surface area contributed by atoms with Crippen molar-refractivity contribution in [3.05, 3.63) is 70.5 Å². The molecule has 0 fully saturated rings. The van der Waals surface area contributed by atoms with Crippen molar-refractivity contribution in [3.8, 4) is 16.5 Å². The summed E-state index contributed by atoms with van der Waals surface area (Å²) in [5, 5.41) is 4.48. The van der Waals surface area contributed by atoms with E-state index in [-0.39, 0.29) is 32.6 Å². The van der Waals surface area contributed by atoms with Gasteiger partial charge in [0, 0.05) is 10.2 Å². The van der Waals surface area contributed by atoms with Crippen molar-refractivity contribution >= 4 is 60.5 Å². The molecule has 0 spiro atoms. The third-order valence-electron chi connectivity index (χ3n) is 4.46. The van der Waals surface area contributed by atoms with E-state index < -0.39 is 9.84 Å². The Hall–Kier alpha value is -2.60. The summed E-state index contributed by atoms with van der Waals surface area (Å²) in [6, 6.07) is 16.9. The van der Waals surface area contributed by atoms with Gasteiger partial charge in [0.05, 0.1) is 22.1 Å². The minimum atomic E-state index is -3.96. The molecule has 2 aromatic carbocycles. The molecule has 0 bridgehead atoms. The van der Waals surface area contributed by atoms with Crippen LogP contribution in [0.25, 0.3) is 10.8 Å². The molecular weight excluding hydrogens is 560 g/mol. The zero-order valence-corrected chi connectivity index (χ0v) is 21.9. The quantitative estimate of drug-likeness (QED) is 0.238. The molecule has 0 aliphatic heterocycles. The molecule has 0 atom stereocenters. The summed E-state index contributed by atoms with van der Waals surface area (Å²) in [6.07, 6.45) is 0. The summed E-state index contributed by atoms with van der Waals surface area (Å²) < 4.78 is 38.6. The van der Waals surface area contributed by atoms with Crippen LogP contribution in [0.3, 0.4) is 0 Å². The Bertz CT molecular complexity index is 1370. The van der Waals surface area contributed by atoms with Gasteiger partial charge in [-0.15, -0.1) is 11.3 Å². The maximum Gasteiger partial charge on any atom is 0.238 e. The molecule has 0 aliphatic carbocycles. The highest BCUT2D eigenvalue weighted by Crippen LogP contribution is 2.36. The Balaban J connectivity index is 1.55. The molecular formula is C23H19BrN2O5S3. The van der Waals surface area contributed by atoms with Gasteiger partial charge < -0.3 is 14.5 Å². The average molecular weight is 580 g/mol. The van der Waals surface area contributed by atoms with Crippen molar-refractivity contribution in [2.24, 2.45) is 0 Å². The summed E-state index contributed by atoms with van der Waals surface area (Å²) in [6.45, 7) is 2.45. The fourth-order valence-corrected chi connectivity index (χ4v) is 6.16. The molecule has 4 aromatic rings. The highest BCUT2D eigenvalue weighted by atomic mass is 79.9. The molecule has 0 aliphatic rings. The van der Waals surface area contributed by atoms with Crippen LogP contribution in [0, 0.1) is 0 Å². The van der Waals surface area contributed by atoms with E-state index in [9.17, 15) is 13.2 Å². The van der Waals surface area contributed by atoms with Crippen molar-refractivity contribution in [1.29, 1.82) is 0 Å². The van der Waals surface area contributed by atoms with Gasteiger partial charge in [-0.2, -0.15) is 4.98 Å². The maximum absolute atomic E-state index is 13.3. The first kappa shape index (κ1) is 24.5. The topological polar surface area (TPSA) is 98.5 Å². The molecule has 7 nitrogen and oxygen atoms in total. The van der Waals surface area contributed by atoms with E-state index in [2.05, 4.69) is 26.2 Å². The highest BCUT2D eigenvalue weighted by molar-refractivity contribution is 9.10. The number of ether oxygens (including phenoxy) is 1. The van der Waals surface area contributed by atoms with Gasteiger partial charge >= 0.3 is 0 Å². The number of hydrogen-bond acceptors (Lipinski definition) is 8. The summed E-state index contributed by atoms with van der Waals surface area (Å²) >= 11 is 5.67. The molecule has 34 heavy (non-hydrogen) atoms. The van der Waals surface area contributed by atoms with Gasteiger partial charge in [0.25, 0.3) is 0 Å². The Morgan fingerprint density at radius 2 is 1.88 bits per heavy atom. The van der Waals surface area contributed by atoms with Gasteiger partial charge in [-0.05, 0) is 66.9 Å². The molecule has 0 saturated heterocycles. The van der Waals surface area contributed by atoms with E-state index in [4.69, 9.17) is 9.15 Å². The molecule has 0 radical (unpaired) electrons. The predicted molar refractivity (Wildman–Crippen MR) is 136 cm³/mol. The van der Waals surface area contributed by atoms with Crippen LogP contribution in [0.1, 0.15) is 6.92 Å². The average Bonchev–Trinajstić information content (AvgIpc) is 3.50. The number of nitrogens with one attached hydrogen (secondary N) is 1. The Morgan fingerprint density at radius 1 is 1.15 bits per heavy atom. The minimum absolute atomic E-state index is 0.0604. The number of rotatable bonds is 9. The zero-order valence-electron chi connectivity index (χ0n) is 17.9. The van der Waals surface area contributed by atoms with Crippen LogP contribution in [0.4, 0.5) is 5.69 Å². The van der Waals surface area contributed by atoms with Gasteiger partial charge in [0.15, 0.2) is 0 Å². The lowest BCUT2D eigenvalue weighted by Crippen LogP contribution is -2.14. The number of carbonyl (C=O) groups is 1. The van der Waals surface area contributed by atoms with E-state index in [1.54, 1.807) is 42.5 Å². The van der Waals surface area contributed by atoms with Crippen LogP contribution in [0.2, 0.25) is 0 Å². The first-order chi connectivity index (χ1) is 16.4. The van der Waals surface area contributed by atoms with Crippen molar-refractivity contribution in [2.75, 3.05) is 17.7 Å². The molecule has 4 rings (SSSR count). The summed E-state index contributed by atoms with van der Waals surface area (Å²) in [4.78, 5) is 17.6. The van der Waals surface area contributed by atoms with Crippen LogP contribution in [0.5, 0.6) is 5.75 Å². The first-order valence-electron chi connectivity index (χ1n) is 10.1. The number of halogens is 1. The lowest BCUT2D eigenvalue weighted by atomic mass is 10.3. The Morgan fingerprint density at radius 3 is 2.53 bits per heavy atom. The number of thiophene rings is 1. The molecule has 2 aromatic heterocycles. The number of nitrogens with zero attached hydrogens (tertiary/aromatic N) is 1. The number of anilines is 1. The second-order valence-electron chi connectivity index (χ2n) is 6.84. The SMILES string of the molecule is CCOc1ccc(NC(=O)CSc2oc(-c3cccs3)nc2S(=O)(=O)c2ccc(Br)cc2)cc1. The Labute approximate surface area is 213 Å². The van der Waals surface area contributed by atoms with E-state index in [0.717, 1.165) is 16.2 Å². The standard InChI is InChI=1S/C23H19BrN2O5S3/c1-2-30-17-9-7-16(8-10-17)25-20(27)14-33-23-22(26-21(31-23)19-4-3-13-32-19)34(28,29)18-11-5-15(24)6-12-18/h3-13H,2,14H2,1H3,(H,25,27). The zero-order chi connectivity index (χ0) is 24.1. The van der Waals surface area contributed by atoms with Crippen LogP contribution in [-0.4, -0.2) is 31.7 Å². The summed E-state index contributed by atoms with van der Waals surface area (Å²) in [7, 11) is -3.96. The van der Waals surface area contributed by atoms with Crippen LogP contribution < -0.4 is 10.1 Å². The largest absolute Gasteiger partial charge is 0.494 e. The van der Waals surface area contributed by atoms with Crippen LogP contribution >= 0.6 is 39.0 Å². The number of benzene rings is 2. The second kappa shape index (κ2) is 10.8.